The van der Waals surface area contributed by atoms with Gasteiger partial charge < -0.3 is 18.8 Å². The Kier molecular flexibility index (Phi) is 21.6. The van der Waals surface area contributed by atoms with E-state index in [1.165, 1.54) is 89.9 Å². The van der Waals surface area contributed by atoms with Crippen LogP contribution in [0.4, 0.5) is 0 Å². The summed E-state index contributed by atoms with van der Waals surface area (Å²) < 4.78 is 16.6. The van der Waals surface area contributed by atoms with Gasteiger partial charge in [-0.1, -0.05) is 111 Å². The first kappa shape index (κ1) is 32.1. The number of phosphoric ester groups is 1. The highest BCUT2D eigenvalue weighted by molar-refractivity contribution is 7.44. The van der Waals surface area contributed by atoms with Gasteiger partial charge in [0.05, 0.1) is 19.6 Å². The maximum absolute atomic E-state index is 11.0. The van der Waals surface area contributed by atoms with Crippen LogP contribution in [-0.4, -0.2) is 42.2 Å². The summed E-state index contributed by atoms with van der Waals surface area (Å²) in [6.07, 6.45) is 23.7. The molecular formula is C26H56NO4P. The zero-order valence-electron chi connectivity index (χ0n) is 21.8. The zero-order valence-corrected chi connectivity index (χ0v) is 22.7. The molecule has 0 saturated carbocycles. The molecule has 1 N–H and O–H groups in total. The summed E-state index contributed by atoms with van der Waals surface area (Å²) >= 11 is 0. The Morgan fingerprint density at radius 2 is 0.938 bits per heavy atom. The van der Waals surface area contributed by atoms with Crippen LogP contribution in [0, 0.1) is 0 Å². The van der Waals surface area contributed by atoms with Crippen LogP contribution in [-0.2, 0) is 9.09 Å². The molecule has 0 aliphatic heterocycles. The van der Waals surface area contributed by atoms with E-state index in [0.717, 1.165) is 49.8 Å². The van der Waals surface area contributed by atoms with Crippen molar-refractivity contribution in [3.63, 3.8) is 0 Å². The van der Waals surface area contributed by atoms with Gasteiger partial charge >= 0.3 is 0 Å². The largest absolute Gasteiger partial charge is 0.756 e. The Morgan fingerprint density at radius 3 is 1.31 bits per heavy atom. The summed E-state index contributed by atoms with van der Waals surface area (Å²) in [6.45, 7) is 10.7. The fourth-order valence-electron chi connectivity index (χ4n) is 4.65. The first-order chi connectivity index (χ1) is 15.4. The van der Waals surface area contributed by atoms with E-state index in [2.05, 4.69) is 20.8 Å². The van der Waals surface area contributed by atoms with Gasteiger partial charge in [0.2, 0.25) is 0 Å². The van der Waals surface area contributed by atoms with Crippen molar-refractivity contribution >= 4 is 7.82 Å². The van der Waals surface area contributed by atoms with Crippen molar-refractivity contribution in [2.75, 3.05) is 32.8 Å². The first-order valence-corrected chi connectivity index (χ1v) is 15.4. The van der Waals surface area contributed by atoms with Crippen LogP contribution in [0.25, 0.3) is 0 Å². The van der Waals surface area contributed by atoms with Crippen LogP contribution in [0.3, 0.4) is 0 Å². The van der Waals surface area contributed by atoms with E-state index in [0.29, 0.717) is 6.54 Å². The second kappa shape index (κ2) is 21.6. The predicted octanol–water partition coefficient (Wildman–Crippen LogP) is 7.36. The number of phosphoric acid groups is 1. The van der Waals surface area contributed by atoms with Crippen molar-refractivity contribution in [1.82, 2.24) is 0 Å². The minimum absolute atomic E-state index is 0.0866. The third kappa shape index (κ3) is 20.7. The zero-order chi connectivity index (χ0) is 24.0. The van der Waals surface area contributed by atoms with E-state index < -0.39 is 7.82 Å². The van der Waals surface area contributed by atoms with Gasteiger partial charge in [0.1, 0.15) is 13.2 Å². The summed E-state index contributed by atoms with van der Waals surface area (Å²) in [7, 11) is -4.63. The Balaban J connectivity index is 4.06. The maximum Gasteiger partial charge on any atom is 0.265 e. The molecule has 0 heterocycles. The van der Waals surface area contributed by atoms with E-state index in [1.807, 2.05) is 0 Å². The lowest BCUT2D eigenvalue weighted by Gasteiger charge is -2.39. The lowest BCUT2D eigenvalue weighted by molar-refractivity contribution is -0.929. The molecule has 0 aromatic carbocycles. The molecule has 0 spiro atoms. The van der Waals surface area contributed by atoms with Crippen molar-refractivity contribution < 1.29 is 23.4 Å². The molecule has 0 rings (SSSR count). The summed E-state index contributed by atoms with van der Waals surface area (Å²) in [5.41, 5.74) is 0. The molecule has 1 atom stereocenters. The molecule has 0 saturated heterocycles. The number of nitrogens with zero attached hydrogens (tertiary/aromatic N) is 1. The summed E-state index contributed by atoms with van der Waals surface area (Å²) in [4.78, 5) is 19.9. The van der Waals surface area contributed by atoms with E-state index >= 15 is 0 Å². The Hall–Kier alpha value is 0.0700. The number of quaternary nitrogens is 1. The van der Waals surface area contributed by atoms with Crippen molar-refractivity contribution in [3.8, 4) is 0 Å². The fourth-order valence-corrected chi connectivity index (χ4v) is 4.96. The van der Waals surface area contributed by atoms with Gasteiger partial charge in [-0.2, -0.15) is 0 Å². The highest BCUT2D eigenvalue weighted by atomic mass is 31.2. The summed E-state index contributed by atoms with van der Waals surface area (Å²) in [6, 6.07) is 0. The lowest BCUT2D eigenvalue weighted by atomic mass is 10.0. The highest BCUT2D eigenvalue weighted by Gasteiger charge is 2.26. The molecule has 0 fully saturated rings. The standard InChI is InChI=1S/C26H56NO4P/c1-4-7-10-11-12-13-14-15-16-17-18-19-20-21-24-27(22-8-5-2,23-9-6-3)25-26-31-32(28,29)30/h4-26H2,1-3H3,(H-,28,29,30). The smallest absolute Gasteiger partial charge is 0.265 e. The normalized spacial score (nSPS) is 14.0. The molecule has 194 valence electrons. The second-order valence-electron chi connectivity index (χ2n) is 9.84. The summed E-state index contributed by atoms with van der Waals surface area (Å²) in [5, 5.41) is 0. The quantitative estimate of drug-likeness (QED) is 0.0847. The Bertz CT molecular complexity index is 434. The molecule has 0 aromatic heterocycles. The van der Waals surface area contributed by atoms with E-state index in [1.54, 1.807) is 0 Å². The van der Waals surface area contributed by atoms with Gasteiger partial charge in [-0.15, -0.1) is 0 Å². The van der Waals surface area contributed by atoms with Crippen LogP contribution in [0.1, 0.15) is 136 Å². The van der Waals surface area contributed by atoms with E-state index in [-0.39, 0.29) is 6.61 Å². The van der Waals surface area contributed by atoms with Gasteiger partial charge in [0.25, 0.3) is 7.82 Å². The number of unbranched alkanes of at least 4 members (excludes halogenated alkanes) is 15. The van der Waals surface area contributed by atoms with E-state index in [4.69, 9.17) is 9.42 Å². The lowest BCUT2D eigenvalue weighted by Crippen LogP contribution is -2.52. The Morgan fingerprint density at radius 1 is 0.594 bits per heavy atom. The molecule has 0 bridgehead atoms. The minimum Gasteiger partial charge on any atom is -0.756 e. The van der Waals surface area contributed by atoms with Gasteiger partial charge in [-0.3, -0.25) is 4.57 Å². The molecule has 1 unspecified atom stereocenters. The van der Waals surface area contributed by atoms with Crippen LogP contribution in [0.15, 0.2) is 0 Å². The van der Waals surface area contributed by atoms with Crippen molar-refractivity contribution in [2.24, 2.45) is 0 Å². The molecule has 6 heteroatoms. The van der Waals surface area contributed by atoms with E-state index in [9.17, 15) is 9.46 Å². The molecular weight excluding hydrogens is 421 g/mol. The third-order valence-electron chi connectivity index (χ3n) is 6.78. The van der Waals surface area contributed by atoms with Crippen molar-refractivity contribution in [1.29, 1.82) is 0 Å². The number of hydrogen-bond donors (Lipinski definition) is 1. The van der Waals surface area contributed by atoms with Crippen molar-refractivity contribution in [3.05, 3.63) is 0 Å². The third-order valence-corrected chi connectivity index (χ3v) is 7.29. The predicted molar refractivity (Wildman–Crippen MR) is 136 cm³/mol. The fraction of sp³-hybridized carbons (Fsp3) is 1.00. The van der Waals surface area contributed by atoms with Crippen molar-refractivity contribution in [2.45, 2.75) is 136 Å². The number of rotatable bonds is 25. The average Bonchev–Trinajstić information content (AvgIpc) is 2.75. The molecule has 0 aromatic rings. The van der Waals surface area contributed by atoms with Gasteiger partial charge in [-0.25, -0.2) is 0 Å². The van der Waals surface area contributed by atoms with Crippen LogP contribution in [0.2, 0.25) is 0 Å². The van der Waals surface area contributed by atoms with Crippen LogP contribution in [0.5, 0.6) is 0 Å². The molecule has 5 nitrogen and oxygen atoms in total. The topological polar surface area (TPSA) is 69.6 Å². The van der Waals surface area contributed by atoms with Gasteiger partial charge in [-0.05, 0) is 25.7 Å². The van der Waals surface area contributed by atoms with Crippen LogP contribution >= 0.6 is 7.82 Å². The van der Waals surface area contributed by atoms with Crippen LogP contribution < -0.4 is 4.89 Å². The molecule has 0 radical (unpaired) electrons. The molecule has 32 heavy (non-hydrogen) atoms. The maximum atomic E-state index is 11.0. The van der Waals surface area contributed by atoms with Gasteiger partial charge in [0, 0.05) is 0 Å². The molecule has 0 aliphatic rings. The molecule has 0 aliphatic carbocycles. The second-order valence-corrected chi connectivity index (χ2v) is 11.0. The summed E-state index contributed by atoms with van der Waals surface area (Å²) in [5.74, 6) is 0. The minimum atomic E-state index is -4.63. The molecule has 0 amide bonds. The monoisotopic (exact) mass is 477 g/mol. The SMILES string of the molecule is CCCCCCCCCCCCCCCC[N+](CCCC)(CCCC)CCOP(=O)([O-])O. The Labute approximate surface area is 200 Å². The average molecular weight is 478 g/mol. The van der Waals surface area contributed by atoms with Gasteiger partial charge in [0.15, 0.2) is 0 Å². The first-order valence-electron chi connectivity index (χ1n) is 13.9. The highest BCUT2D eigenvalue weighted by Crippen LogP contribution is 2.30. The number of hydrogen-bond acceptors (Lipinski definition) is 3.